The summed E-state index contributed by atoms with van der Waals surface area (Å²) in [5.41, 5.74) is 5.40. The van der Waals surface area contributed by atoms with Gasteiger partial charge < -0.3 is 10.6 Å². The molecule has 0 fully saturated rings. The molecule has 0 radical (unpaired) electrons. The first kappa shape index (κ1) is 11.8. The fourth-order valence-corrected chi connectivity index (χ4v) is 1.20. The lowest BCUT2D eigenvalue weighted by Gasteiger charge is -2.19. The molecule has 0 atom stereocenters. The molecule has 82 valence electrons. The van der Waals surface area contributed by atoms with Crippen LogP contribution in [0.2, 0.25) is 0 Å². The Kier molecular flexibility index (Phi) is 4.36. The third kappa shape index (κ3) is 3.75. The van der Waals surface area contributed by atoms with E-state index in [1.54, 1.807) is 0 Å². The maximum absolute atomic E-state index is 12.6. The molecule has 0 aliphatic heterocycles. The summed E-state index contributed by atoms with van der Waals surface area (Å²) < 4.78 is 12.6. The van der Waals surface area contributed by atoms with E-state index in [2.05, 4.69) is 9.97 Å². The molecule has 0 unspecified atom stereocenters. The molecule has 0 saturated carbocycles. The Morgan fingerprint density at radius 2 is 2.13 bits per heavy atom. The highest BCUT2D eigenvalue weighted by Crippen LogP contribution is 2.06. The first-order valence-corrected chi connectivity index (χ1v) is 5.05. The van der Waals surface area contributed by atoms with Crippen LogP contribution in [0.15, 0.2) is 12.4 Å². The lowest BCUT2D eigenvalue weighted by Crippen LogP contribution is -2.28. The molecule has 0 aliphatic carbocycles. The predicted octanol–water partition coefficient (Wildman–Crippen LogP) is 1.12. The summed E-state index contributed by atoms with van der Waals surface area (Å²) in [6.07, 6.45) is 2.89. The van der Waals surface area contributed by atoms with Crippen molar-refractivity contribution >= 4 is 23.2 Å². The summed E-state index contributed by atoms with van der Waals surface area (Å²) in [5.74, 6) is 0.0549. The lowest BCUT2D eigenvalue weighted by molar-refractivity contribution is 0.611. The molecule has 0 aliphatic rings. The van der Waals surface area contributed by atoms with E-state index in [0.29, 0.717) is 23.9 Å². The van der Waals surface area contributed by atoms with Crippen LogP contribution in [0.4, 0.5) is 10.3 Å². The van der Waals surface area contributed by atoms with Crippen LogP contribution < -0.4 is 10.6 Å². The van der Waals surface area contributed by atoms with E-state index < -0.39 is 5.82 Å². The molecule has 2 N–H and O–H groups in total. The number of anilines is 1. The molecule has 0 bridgehead atoms. The number of aromatic nitrogens is 2. The van der Waals surface area contributed by atoms with Crippen LogP contribution in [0.3, 0.4) is 0 Å². The standard InChI is InChI=1S/C9H13FN4S/c1-2-14(4-3-8(11)15)9-12-5-7(10)6-13-9/h5-6H,2-4H2,1H3,(H2,11,15). The van der Waals surface area contributed by atoms with Gasteiger partial charge in [-0.15, -0.1) is 0 Å². The monoisotopic (exact) mass is 228 g/mol. The molecule has 15 heavy (non-hydrogen) atoms. The van der Waals surface area contributed by atoms with Crippen molar-refractivity contribution in [3.05, 3.63) is 18.2 Å². The fraction of sp³-hybridized carbons (Fsp3) is 0.444. The van der Waals surface area contributed by atoms with Crippen molar-refractivity contribution in [3.63, 3.8) is 0 Å². The van der Waals surface area contributed by atoms with Crippen LogP contribution in [-0.2, 0) is 0 Å². The second kappa shape index (κ2) is 5.55. The third-order valence-corrected chi connectivity index (χ3v) is 2.10. The van der Waals surface area contributed by atoms with E-state index in [0.717, 1.165) is 18.9 Å². The maximum Gasteiger partial charge on any atom is 0.225 e. The number of nitrogens with two attached hydrogens (primary N) is 1. The van der Waals surface area contributed by atoms with E-state index in [-0.39, 0.29) is 0 Å². The first-order chi connectivity index (χ1) is 7.13. The molecule has 4 nitrogen and oxygen atoms in total. The van der Waals surface area contributed by atoms with Crippen molar-refractivity contribution in [2.24, 2.45) is 5.73 Å². The minimum atomic E-state index is -0.441. The number of nitrogens with zero attached hydrogens (tertiary/aromatic N) is 3. The normalized spacial score (nSPS) is 10.0. The van der Waals surface area contributed by atoms with Gasteiger partial charge in [0.15, 0.2) is 5.82 Å². The number of thiocarbonyl (C=S) groups is 1. The van der Waals surface area contributed by atoms with Gasteiger partial charge in [0, 0.05) is 19.5 Å². The van der Waals surface area contributed by atoms with Gasteiger partial charge in [0.2, 0.25) is 5.95 Å². The SMILES string of the molecule is CCN(CCC(N)=S)c1ncc(F)cn1. The van der Waals surface area contributed by atoms with E-state index in [9.17, 15) is 4.39 Å². The smallest absolute Gasteiger partial charge is 0.225 e. The van der Waals surface area contributed by atoms with Gasteiger partial charge in [0.1, 0.15) is 0 Å². The zero-order valence-corrected chi connectivity index (χ0v) is 9.30. The summed E-state index contributed by atoms with van der Waals surface area (Å²) in [6, 6.07) is 0. The summed E-state index contributed by atoms with van der Waals surface area (Å²) >= 11 is 4.78. The Morgan fingerprint density at radius 1 is 1.53 bits per heavy atom. The zero-order chi connectivity index (χ0) is 11.3. The topological polar surface area (TPSA) is 55.0 Å². The average molecular weight is 228 g/mol. The average Bonchev–Trinajstić information content (AvgIpc) is 2.21. The zero-order valence-electron chi connectivity index (χ0n) is 8.48. The molecule has 0 aromatic carbocycles. The van der Waals surface area contributed by atoms with Gasteiger partial charge in [0.25, 0.3) is 0 Å². The summed E-state index contributed by atoms with van der Waals surface area (Å²) in [7, 11) is 0. The minimum Gasteiger partial charge on any atom is -0.393 e. The van der Waals surface area contributed by atoms with E-state index in [1.165, 1.54) is 0 Å². The second-order valence-corrected chi connectivity index (χ2v) is 3.52. The highest BCUT2D eigenvalue weighted by Gasteiger charge is 2.07. The molecule has 0 saturated heterocycles. The van der Waals surface area contributed by atoms with Crippen molar-refractivity contribution in [1.82, 2.24) is 9.97 Å². The van der Waals surface area contributed by atoms with Gasteiger partial charge in [-0.3, -0.25) is 0 Å². The predicted molar refractivity (Wildman–Crippen MR) is 61.3 cm³/mol. The van der Waals surface area contributed by atoms with Crippen molar-refractivity contribution < 1.29 is 4.39 Å². The van der Waals surface area contributed by atoms with Crippen molar-refractivity contribution in [2.75, 3.05) is 18.0 Å². The Balaban J connectivity index is 2.65. The van der Waals surface area contributed by atoms with Crippen LogP contribution in [-0.4, -0.2) is 28.0 Å². The van der Waals surface area contributed by atoms with E-state index >= 15 is 0 Å². The molecule has 6 heteroatoms. The van der Waals surface area contributed by atoms with Gasteiger partial charge in [-0.25, -0.2) is 14.4 Å². The Morgan fingerprint density at radius 3 is 2.60 bits per heavy atom. The molecular formula is C9H13FN4S. The highest BCUT2D eigenvalue weighted by atomic mass is 32.1. The Labute approximate surface area is 93.3 Å². The Bertz CT molecular complexity index is 327. The van der Waals surface area contributed by atoms with Gasteiger partial charge in [-0.05, 0) is 6.92 Å². The summed E-state index contributed by atoms with van der Waals surface area (Å²) in [4.78, 5) is 10.1. The summed E-state index contributed by atoms with van der Waals surface area (Å²) in [5, 5.41) is 0. The lowest BCUT2D eigenvalue weighted by atomic mass is 10.4. The molecule has 1 heterocycles. The molecule has 1 aromatic rings. The minimum absolute atomic E-state index is 0.441. The van der Waals surface area contributed by atoms with Gasteiger partial charge in [-0.1, -0.05) is 12.2 Å². The number of hydrogen-bond donors (Lipinski definition) is 1. The fourth-order valence-electron chi connectivity index (χ4n) is 1.11. The van der Waals surface area contributed by atoms with Crippen LogP contribution in [0, 0.1) is 5.82 Å². The van der Waals surface area contributed by atoms with Crippen molar-refractivity contribution in [2.45, 2.75) is 13.3 Å². The van der Waals surface area contributed by atoms with Crippen LogP contribution in [0.25, 0.3) is 0 Å². The first-order valence-electron chi connectivity index (χ1n) is 4.64. The largest absolute Gasteiger partial charge is 0.393 e. The molecular weight excluding hydrogens is 215 g/mol. The van der Waals surface area contributed by atoms with Crippen molar-refractivity contribution in [3.8, 4) is 0 Å². The quantitative estimate of drug-likeness (QED) is 0.765. The second-order valence-electron chi connectivity index (χ2n) is 3.00. The van der Waals surface area contributed by atoms with Gasteiger partial charge in [-0.2, -0.15) is 0 Å². The summed E-state index contributed by atoms with van der Waals surface area (Å²) in [6.45, 7) is 3.35. The molecule has 0 amide bonds. The molecule has 1 aromatic heterocycles. The molecule has 0 spiro atoms. The van der Waals surface area contributed by atoms with Crippen LogP contribution in [0.1, 0.15) is 13.3 Å². The van der Waals surface area contributed by atoms with E-state index in [1.807, 2.05) is 11.8 Å². The van der Waals surface area contributed by atoms with Crippen LogP contribution in [0.5, 0.6) is 0 Å². The van der Waals surface area contributed by atoms with E-state index in [4.69, 9.17) is 18.0 Å². The number of hydrogen-bond acceptors (Lipinski definition) is 4. The maximum atomic E-state index is 12.6. The van der Waals surface area contributed by atoms with Gasteiger partial charge in [0.05, 0.1) is 17.4 Å². The van der Waals surface area contributed by atoms with Gasteiger partial charge >= 0.3 is 0 Å². The third-order valence-electron chi connectivity index (χ3n) is 1.90. The molecule has 1 rings (SSSR count). The van der Waals surface area contributed by atoms with Crippen LogP contribution >= 0.6 is 12.2 Å². The Hall–Kier alpha value is -1.30. The highest BCUT2D eigenvalue weighted by molar-refractivity contribution is 7.80. The number of halogens is 1. The number of rotatable bonds is 5. The van der Waals surface area contributed by atoms with Crippen molar-refractivity contribution in [1.29, 1.82) is 0 Å².